The van der Waals surface area contributed by atoms with E-state index in [1.165, 1.54) is 5.56 Å². The maximum absolute atomic E-state index is 5.61. The molecular weight excluding hydrogens is 238 g/mol. The van der Waals surface area contributed by atoms with Crippen molar-refractivity contribution >= 4 is 5.96 Å². The van der Waals surface area contributed by atoms with Crippen molar-refractivity contribution < 1.29 is 4.74 Å². The molecule has 0 atom stereocenters. The lowest BCUT2D eigenvalue weighted by atomic mass is 10.2. The molecule has 19 heavy (non-hydrogen) atoms. The summed E-state index contributed by atoms with van der Waals surface area (Å²) in [6, 6.07) is 8.02. The summed E-state index contributed by atoms with van der Waals surface area (Å²) in [5.41, 5.74) is 1.23. The molecule has 0 spiro atoms. The molecule has 0 bridgehead atoms. The van der Waals surface area contributed by atoms with Gasteiger partial charge < -0.3 is 15.4 Å². The minimum absolute atomic E-state index is 0.563. The number of aryl methyl sites for hydroxylation is 1. The lowest BCUT2D eigenvalue weighted by Crippen LogP contribution is -2.37. The monoisotopic (exact) mass is 261 g/mol. The number of guanidine groups is 1. The third-order valence-electron chi connectivity index (χ3n) is 2.41. The van der Waals surface area contributed by atoms with Crippen molar-refractivity contribution in [3.63, 3.8) is 0 Å². The molecule has 0 saturated carbocycles. The molecule has 104 valence electrons. The standard InChI is InChI=1S/C15H23N3O/c1-4-10-17-15(16-5-2)18-11-12-19-14-8-6-13(3)7-9-14/h4,6-9H,1,5,10-12H2,2-3H3,(H2,16,17,18). The molecule has 4 heteroatoms. The number of ether oxygens (including phenoxy) is 1. The van der Waals surface area contributed by atoms with E-state index in [-0.39, 0.29) is 0 Å². The topological polar surface area (TPSA) is 45.7 Å². The van der Waals surface area contributed by atoms with E-state index in [4.69, 9.17) is 4.74 Å². The second kappa shape index (κ2) is 9.03. The Hall–Kier alpha value is -1.97. The van der Waals surface area contributed by atoms with Crippen LogP contribution in [0.4, 0.5) is 0 Å². The average Bonchev–Trinajstić information content (AvgIpc) is 2.42. The highest BCUT2D eigenvalue weighted by Crippen LogP contribution is 2.10. The van der Waals surface area contributed by atoms with Gasteiger partial charge in [0, 0.05) is 13.1 Å². The molecule has 0 radical (unpaired) electrons. The Balaban J connectivity index is 2.33. The fourth-order valence-electron chi connectivity index (χ4n) is 1.47. The van der Waals surface area contributed by atoms with Gasteiger partial charge >= 0.3 is 0 Å². The molecule has 0 aliphatic rings. The van der Waals surface area contributed by atoms with Gasteiger partial charge in [-0.05, 0) is 26.0 Å². The number of benzene rings is 1. The van der Waals surface area contributed by atoms with Crippen molar-refractivity contribution in [2.24, 2.45) is 4.99 Å². The number of aliphatic imine (C=N–C) groups is 1. The van der Waals surface area contributed by atoms with Crippen LogP contribution in [-0.4, -0.2) is 32.2 Å². The van der Waals surface area contributed by atoms with Crippen LogP contribution in [0.15, 0.2) is 41.9 Å². The van der Waals surface area contributed by atoms with Gasteiger partial charge in [0.15, 0.2) is 5.96 Å². The minimum Gasteiger partial charge on any atom is -0.492 e. The summed E-state index contributed by atoms with van der Waals surface area (Å²) >= 11 is 0. The van der Waals surface area contributed by atoms with E-state index >= 15 is 0 Å². The van der Waals surface area contributed by atoms with Crippen molar-refractivity contribution in [2.45, 2.75) is 13.8 Å². The third kappa shape index (κ3) is 6.50. The van der Waals surface area contributed by atoms with Crippen LogP contribution in [0.2, 0.25) is 0 Å². The van der Waals surface area contributed by atoms with Crippen LogP contribution in [0.3, 0.4) is 0 Å². The molecule has 4 nitrogen and oxygen atoms in total. The Morgan fingerprint density at radius 1 is 1.32 bits per heavy atom. The van der Waals surface area contributed by atoms with E-state index in [0.717, 1.165) is 18.3 Å². The second-order valence-corrected chi connectivity index (χ2v) is 4.09. The highest BCUT2D eigenvalue weighted by atomic mass is 16.5. The molecule has 0 aromatic heterocycles. The molecule has 0 saturated heterocycles. The first-order valence-corrected chi connectivity index (χ1v) is 6.58. The maximum atomic E-state index is 5.61. The van der Waals surface area contributed by atoms with E-state index in [1.54, 1.807) is 6.08 Å². The summed E-state index contributed by atoms with van der Waals surface area (Å²) in [6.07, 6.45) is 1.80. The Labute approximate surface area is 115 Å². The van der Waals surface area contributed by atoms with Gasteiger partial charge in [-0.2, -0.15) is 0 Å². The van der Waals surface area contributed by atoms with E-state index in [0.29, 0.717) is 19.7 Å². The normalized spacial score (nSPS) is 10.9. The van der Waals surface area contributed by atoms with Crippen molar-refractivity contribution in [3.05, 3.63) is 42.5 Å². The van der Waals surface area contributed by atoms with E-state index in [1.807, 2.05) is 31.2 Å². The fourth-order valence-corrected chi connectivity index (χ4v) is 1.47. The largest absolute Gasteiger partial charge is 0.492 e. The maximum Gasteiger partial charge on any atom is 0.191 e. The van der Waals surface area contributed by atoms with E-state index in [2.05, 4.69) is 29.1 Å². The first kappa shape index (κ1) is 15.1. The summed E-state index contributed by atoms with van der Waals surface area (Å²) < 4.78 is 5.61. The molecule has 0 heterocycles. The third-order valence-corrected chi connectivity index (χ3v) is 2.41. The van der Waals surface area contributed by atoms with Crippen molar-refractivity contribution in [3.8, 4) is 5.75 Å². The zero-order valence-electron chi connectivity index (χ0n) is 11.8. The Morgan fingerprint density at radius 3 is 2.68 bits per heavy atom. The van der Waals surface area contributed by atoms with Gasteiger partial charge in [-0.25, -0.2) is 4.99 Å². The molecule has 1 rings (SSSR count). The quantitative estimate of drug-likeness (QED) is 0.342. The molecule has 0 aliphatic heterocycles. The highest BCUT2D eigenvalue weighted by molar-refractivity contribution is 5.79. The number of hydrogen-bond acceptors (Lipinski definition) is 2. The first-order chi connectivity index (χ1) is 9.26. The first-order valence-electron chi connectivity index (χ1n) is 6.58. The molecular formula is C15H23N3O. The van der Waals surface area contributed by atoms with Gasteiger partial charge in [0.1, 0.15) is 12.4 Å². The summed E-state index contributed by atoms with van der Waals surface area (Å²) in [5, 5.41) is 6.30. The molecule has 1 aromatic rings. The zero-order valence-corrected chi connectivity index (χ0v) is 11.8. The number of nitrogens with one attached hydrogen (secondary N) is 2. The van der Waals surface area contributed by atoms with Crippen molar-refractivity contribution in [1.82, 2.24) is 10.6 Å². The predicted molar refractivity (Wildman–Crippen MR) is 80.9 cm³/mol. The fraction of sp³-hybridized carbons (Fsp3) is 0.400. The Bertz CT molecular complexity index is 398. The van der Waals surface area contributed by atoms with Gasteiger partial charge in [0.05, 0.1) is 6.54 Å². The van der Waals surface area contributed by atoms with Gasteiger partial charge in [-0.1, -0.05) is 23.8 Å². The SMILES string of the molecule is C=CCNC(=NCCOc1ccc(C)cc1)NCC. The molecule has 0 amide bonds. The Kier molecular flexibility index (Phi) is 7.17. The lowest BCUT2D eigenvalue weighted by molar-refractivity contribution is 0.328. The van der Waals surface area contributed by atoms with Crippen LogP contribution in [0.5, 0.6) is 5.75 Å². The van der Waals surface area contributed by atoms with Crippen LogP contribution in [-0.2, 0) is 0 Å². The van der Waals surface area contributed by atoms with Gasteiger partial charge in [-0.15, -0.1) is 6.58 Å². The van der Waals surface area contributed by atoms with Crippen molar-refractivity contribution in [1.29, 1.82) is 0 Å². The summed E-state index contributed by atoms with van der Waals surface area (Å²) in [5.74, 6) is 1.67. The van der Waals surface area contributed by atoms with E-state index in [9.17, 15) is 0 Å². The number of nitrogens with zero attached hydrogens (tertiary/aromatic N) is 1. The summed E-state index contributed by atoms with van der Waals surface area (Å²) in [4.78, 5) is 4.41. The molecule has 0 aliphatic carbocycles. The van der Waals surface area contributed by atoms with Crippen LogP contribution >= 0.6 is 0 Å². The van der Waals surface area contributed by atoms with Gasteiger partial charge in [0.25, 0.3) is 0 Å². The average molecular weight is 261 g/mol. The number of hydrogen-bond donors (Lipinski definition) is 2. The van der Waals surface area contributed by atoms with Crippen LogP contribution in [0.1, 0.15) is 12.5 Å². The molecule has 2 N–H and O–H groups in total. The van der Waals surface area contributed by atoms with Gasteiger partial charge in [0.2, 0.25) is 0 Å². The van der Waals surface area contributed by atoms with E-state index < -0.39 is 0 Å². The highest BCUT2D eigenvalue weighted by Gasteiger charge is 1.95. The summed E-state index contributed by atoms with van der Waals surface area (Å²) in [7, 11) is 0. The molecule has 0 fully saturated rings. The summed E-state index contributed by atoms with van der Waals surface area (Å²) in [6.45, 7) is 10.5. The lowest BCUT2D eigenvalue weighted by Gasteiger charge is -2.09. The minimum atomic E-state index is 0.563. The Morgan fingerprint density at radius 2 is 2.05 bits per heavy atom. The van der Waals surface area contributed by atoms with Crippen LogP contribution in [0, 0.1) is 6.92 Å². The molecule has 1 aromatic carbocycles. The molecule has 0 unspecified atom stereocenters. The second-order valence-electron chi connectivity index (χ2n) is 4.09. The van der Waals surface area contributed by atoms with Crippen LogP contribution < -0.4 is 15.4 Å². The van der Waals surface area contributed by atoms with Crippen LogP contribution in [0.25, 0.3) is 0 Å². The van der Waals surface area contributed by atoms with Gasteiger partial charge in [-0.3, -0.25) is 0 Å². The zero-order chi connectivity index (χ0) is 13.9. The number of rotatable bonds is 7. The smallest absolute Gasteiger partial charge is 0.191 e. The predicted octanol–water partition coefficient (Wildman–Crippen LogP) is 2.11. The van der Waals surface area contributed by atoms with Crippen molar-refractivity contribution in [2.75, 3.05) is 26.2 Å².